The molecule has 0 amide bonds. The maximum Gasteiger partial charge on any atom is 0.153 e. The summed E-state index contributed by atoms with van der Waals surface area (Å²) >= 11 is 0. The van der Waals surface area contributed by atoms with Gasteiger partial charge in [-0.2, -0.15) is 0 Å². The van der Waals surface area contributed by atoms with Crippen LogP contribution >= 0.6 is 0 Å². The molecule has 0 bridgehead atoms. The van der Waals surface area contributed by atoms with E-state index in [0.717, 1.165) is 42.1 Å². The Labute approximate surface area is 174 Å². The van der Waals surface area contributed by atoms with Crippen molar-refractivity contribution >= 4 is 12.6 Å². The molecule has 0 saturated carbocycles. The molecule has 0 aliphatic heterocycles. The van der Waals surface area contributed by atoms with Crippen molar-refractivity contribution in [1.29, 1.82) is 0 Å². The molecule has 3 nitrogen and oxygen atoms in total. The molecule has 0 aliphatic rings. The molecule has 0 radical (unpaired) electrons. The highest BCUT2D eigenvalue weighted by molar-refractivity contribution is 5.80. The minimum absolute atomic E-state index is 0.511. The zero-order valence-corrected chi connectivity index (χ0v) is 17.5. The van der Waals surface area contributed by atoms with Crippen LogP contribution in [0, 0.1) is 18.8 Å². The number of hydrogen-bond acceptors (Lipinski definition) is 3. The third kappa shape index (κ3) is 7.58. The van der Waals surface area contributed by atoms with E-state index in [9.17, 15) is 9.59 Å². The van der Waals surface area contributed by atoms with Crippen molar-refractivity contribution in [2.45, 2.75) is 58.8 Å². The van der Waals surface area contributed by atoms with E-state index in [1.807, 2.05) is 25.1 Å². The number of ether oxygens (including phenoxy) is 1. The van der Waals surface area contributed by atoms with E-state index in [1.54, 1.807) is 18.2 Å². The van der Waals surface area contributed by atoms with Crippen LogP contribution in [-0.2, 0) is 0 Å². The van der Waals surface area contributed by atoms with Gasteiger partial charge < -0.3 is 4.74 Å². The van der Waals surface area contributed by atoms with E-state index in [2.05, 4.69) is 18.8 Å². The van der Waals surface area contributed by atoms with E-state index in [0.29, 0.717) is 23.5 Å². The van der Waals surface area contributed by atoms with Crippen molar-refractivity contribution in [3.8, 4) is 17.6 Å². The third-order valence-corrected chi connectivity index (χ3v) is 4.90. The molecule has 0 aromatic heterocycles. The fourth-order valence-corrected chi connectivity index (χ4v) is 3.08. The van der Waals surface area contributed by atoms with Crippen LogP contribution in [0.15, 0.2) is 36.4 Å². The van der Waals surface area contributed by atoms with Crippen molar-refractivity contribution in [2.75, 3.05) is 6.61 Å². The van der Waals surface area contributed by atoms with Gasteiger partial charge in [0.15, 0.2) is 6.29 Å². The Balaban J connectivity index is 1.92. The standard InChI is InChI=1S/C26H30O3/c1-3-4-5-6-7-8-9-16-29-26-15-14-23(18-25(26)20-28)13-12-22-11-10-21(2)24(17-22)19-27/h10-11,14-15,17-20H,3-9,16H2,1-2H3. The predicted octanol–water partition coefficient (Wildman–Crippen LogP) is 6.15. The largest absolute Gasteiger partial charge is 0.493 e. The fraction of sp³-hybridized carbons (Fsp3) is 0.385. The van der Waals surface area contributed by atoms with Crippen molar-refractivity contribution in [2.24, 2.45) is 0 Å². The second kappa shape index (κ2) is 12.6. The summed E-state index contributed by atoms with van der Waals surface area (Å²) in [6.07, 6.45) is 10.2. The summed E-state index contributed by atoms with van der Waals surface area (Å²) < 4.78 is 5.80. The highest BCUT2D eigenvalue weighted by Gasteiger charge is 2.04. The number of rotatable bonds is 11. The van der Waals surface area contributed by atoms with Gasteiger partial charge in [0.1, 0.15) is 12.0 Å². The summed E-state index contributed by atoms with van der Waals surface area (Å²) in [5.74, 6) is 6.71. The lowest BCUT2D eigenvalue weighted by atomic mass is 10.1. The Morgan fingerprint density at radius 3 is 2.03 bits per heavy atom. The van der Waals surface area contributed by atoms with Crippen molar-refractivity contribution in [1.82, 2.24) is 0 Å². The topological polar surface area (TPSA) is 43.4 Å². The van der Waals surface area contributed by atoms with Crippen molar-refractivity contribution in [3.05, 3.63) is 64.2 Å². The van der Waals surface area contributed by atoms with E-state index < -0.39 is 0 Å². The van der Waals surface area contributed by atoms with Crippen LogP contribution < -0.4 is 4.74 Å². The van der Waals surface area contributed by atoms with Gasteiger partial charge in [0, 0.05) is 16.7 Å². The molecule has 0 saturated heterocycles. The maximum atomic E-state index is 11.4. The van der Waals surface area contributed by atoms with Crippen LogP contribution in [0.2, 0.25) is 0 Å². The van der Waals surface area contributed by atoms with E-state index >= 15 is 0 Å². The molecular formula is C26H30O3. The van der Waals surface area contributed by atoms with Gasteiger partial charge in [-0.1, -0.05) is 63.4 Å². The second-order valence-electron chi connectivity index (χ2n) is 7.28. The van der Waals surface area contributed by atoms with E-state index in [4.69, 9.17) is 4.74 Å². The Morgan fingerprint density at radius 2 is 1.38 bits per heavy atom. The molecule has 0 fully saturated rings. The quantitative estimate of drug-likeness (QED) is 0.263. The minimum atomic E-state index is 0.511. The molecule has 0 aliphatic carbocycles. The summed E-state index contributed by atoms with van der Waals surface area (Å²) in [6.45, 7) is 4.74. The van der Waals surface area contributed by atoms with Crippen LogP contribution in [0.1, 0.15) is 89.3 Å². The summed E-state index contributed by atoms with van der Waals surface area (Å²) in [5, 5.41) is 0. The molecule has 2 rings (SSSR count). The number of carbonyl (C=O) groups excluding carboxylic acids is 2. The number of hydrogen-bond donors (Lipinski definition) is 0. The van der Waals surface area contributed by atoms with Crippen molar-refractivity contribution < 1.29 is 14.3 Å². The van der Waals surface area contributed by atoms with E-state index in [1.165, 1.54) is 32.1 Å². The monoisotopic (exact) mass is 390 g/mol. The van der Waals surface area contributed by atoms with E-state index in [-0.39, 0.29) is 0 Å². The molecule has 3 heteroatoms. The summed E-state index contributed by atoms with van der Waals surface area (Å²) in [5.41, 5.74) is 3.58. The number of aryl methyl sites for hydroxylation is 1. The molecule has 152 valence electrons. The molecule has 2 aromatic rings. The Morgan fingerprint density at radius 1 is 0.793 bits per heavy atom. The smallest absolute Gasteiger partial charge is 0.153 e. The average molecular weight is 391 g/mol. The first-order valence-electron chi connectivity index (χ1n) is 10.5. The SMILES string of the molecule is CCCCCCCCCOc1ccc(C#Cc2ccc(C)c(C=O)c2)cc1C=O. The van der Waals surface area contributed by atoms with Gasteiger partial charge >= 0.3 is 0 Å². The van der Waals surface area contributed by atoms with Gasteiger partial charge in [-0.25, -0.2) is 0 Å². The van der Waals surface area contributed by atoms with Gasteiger partial charge in [0.2, 0.25) is 0 Å². The Hall–Kier alpha value is -2.86. The van der Waals surface area contributed by atoms with Gasteiger partial charge in [-0.15, -0.1) is 0 Å². The Kier molecular flexibility index (Phi) is 9.72. The first-order chi connectivity index (χ1) is 14.2. The summed E-state index contributed by atoms with van der Waals surface area (Å²) in [4.78, 5) is 22.5. The highest BCUT2D eigenvalue weighted by atomic mass is 16.5. The number of aldehydes is 2. The number of carbonyl (C=O) groups is 2. The van der Waals surface area contributed by atoms with Crippen LogP contribution in [-0.4, -0.2) is 19.2 Å². The first-order valence-corrected chi connectivity index (χ1v) is 10.5. The van der Waals surface area contributed by atoms with Crippen LogP contribution in [0.5, 0.6) is 5.75 Å². The zero-order chi connectivity index (χ0) is 20.9. The number of unbranched alkanes of at least 4 members (excludes halogenated alkanes) is 6. The molecule has 0 atom stereocenters. The third-order valence-electron chi connectivity index (χ3n) is 4.90. The highest BCUT2D eigenvalue weighted by Crippen LogP contribution is 2.19. The minimum Gasteiger partial charge on any atom is -0.493 e. The summed E-state index contributed by atoms with van der Waals surface area (Å²) in [7, 11) is 0. The lowest BCUT2D eigenvalue weighted by Gasteiger charge is -2.08. The molecule has 0 N–H and O–H groups in total. The van der Waals surface area contributed by atoms with Crippen LogP contribution in [0.4, 0.5) is 0 Å². The van der Waals surface area contributed by atoms with Crippen LogP contribution in [0.25, 0.3) is 0 Å². The molecule has 0 unspecified atom stereocenters. The average Bonchev–Trinajstić information content (AvgIpc) is 2.75. The summed E-state index contributed by atoms with van der Waals surface area (Å²) in [6, 6.07) is 10.9. The lowest BCUT2D eigenvalue weighted by Crippen LogP contribution is -2.00. The normalized spacial score (nSPS) is 10.1. The van der Waals surface area contributed by atoms with Crippen molar-refractivity contribution in [3.63, 3.8) is 0 Å². The predicted molar refractivity (Wildman–Crippen MR) is 118 cm³/mol. The van der Waals surface area contributed by atoms with Crippen LogP contribution in [0.3, 0.4) is 0 Å². The zero-order valence-electron chi connectivity index (χ0n) is 17.5. The molecule has 2 aromatic carbocycles. The first kappa shape index (κ1) is 22.4. The molecule has 0 heterocycles. The molecule has 29 heavy (non-hydrogen) atoms. The lowest BCUT2D eigenvalue weighted by molar-refractivity contribution is 0.111. The second-order valence-corrected chi connectivity index (χ2v) is 7.28. The van der Waals surface area contributed by atoms with Gasteiger partial charge in [0.05, 0.1) is 12.2 Å². The molecular weight excluding hydrogens is 360 g/mol. The van der Waals surface area contributed by atoms with Gasteiger partial charge in [-0.05, 0) is 49.2 Å². The maximum absolute atomic E-state index is 11.4. The van der Waals surface area contributed by atoms with Gasteiger partial charge in [0.25, 0.3) is 0 Å². The van der Waals surface area contributed by atoms with Gasteiger partial charge in [-0.3, -0.25) is 9.59 Å². The fourth-order valence-electron chi connectivity index (χ4n) is 3.08. The molecule has 0 spiro atoms. The Bertz CT molecular complexity index is 871. The number of benzene rings is 2.